The fourth-order valence-corrected chi connectivity index (χ4v) is 2.40. The summed E-state index contributed by atoms with van der Waals surface area (Å²) in [6, 6.07) is 5.38. The van der Waals surface area contributed by atoms with Crippen molar-refractivity contribution in [2.24, 2.45) is 0 Å². The van der Waals surface area contributed by atoms with Crippen molar-refractivity contribution in [2.45, 2.75) is 6.92 Å². The van der Waals surface area contributed by atoms with Crippen molar-refractivity contribution in [1.29, 1.82) is 0 Å². The summed E-state index contributed by atoms with van der Waals surface area (Å²) in [6.07, 6.45) is 0. The van der Waals surface area contributed by atoms with Crippen molar-refractivity contribution in [1.82, 2.24) is 0 Å². The number of ether oxygens (including phenoxy) is 1. The number of carbonyl (C=O) groups excluding carboxylic acids is 1. The third-order valence-corrected chi connectivity index (χ3v) is 3.45. The lowest BCUT2D eigenvalue weighted by Crippen LogP contribution is -1.85. The Morgan fingerprint density at radius 3 is 2.80 bits per heavy atom. The van der Waals surface area contributed by atoms with E-state index in [1.807, 2.05) is 12.1 Å². The largest absolute Gasteiger partial charge is 0.506 e. The van der Waals surface area contributed by atoms with Gasteiger partial charge in [0.1, 0.15) is 16.4 Å². The van der Waals surface area contributed by atoms with E-state index in [2.05, 4.69) is 0 Å². The molecule has 1 aromatic heterocycles. The summed E-state index contributed by atoms with van der Waals surface area (Å²) in [5.74, 6) is 0.611. The number of ketones is 1. The summed E-state index contributed by atoms with van der Waals surface area (Å²) in [4.78, 5) is 11.6. The maximum absolute atomic E-state index is 11.2. The van der Waals surface area contributed by atoms with Gasteiger partial charge in [0.15, 0.2) is 5.78 Å². The van der Waals surface area contributed by atoms with Gasteiger partial charge in [0.25, 0.3) is 0 Å². The quantitative estimate of drug-likeness (QED) is 0.795. The Labute approximate surface area is 90.9 Å². The third kappa shape index (κ3) is 1.57. The molecule has 0 radical (unpaired) electrons. The maximum Gasteiger partial charge on any atom is 0.173 e. The van der Waals surface area contributed by atoms with Crippen molar-refractivity contribution >= 4 is 27.2 Å². The first-order valence-corrected chi connectivity index (χ1v) is 5.25. The van der Waals surface area contributed by atoms with Gasteiger partial charge in [0.2, 0.25) is 0 Å². The standard InChI is InChI=1S/C11H10O3S/c1-6(12)11-10(13)8-5-7(14-2)3-4-9(8)15-11/h3-5,13H,1-2H3. The number of hydrogen-bond donors (Lipinski definition) is 1. The molecule has 0 spiro atoms. The smallest absolute Gasteiger partial charge is 0.173 e. The summed E-state index contributed by atoms with van der Waals surface area (Å²) in [7, 11) is 1.57. The van der Waals surface area contributed by atoms with Gasteiger partial charge in [0, 0.05) is 17.0 Å². The minimum absolute atomic E-state index is 0.0569. The fourth-order valence-electron chi connectivity index (χ4n) is 1.43. The molecule has 0 saturated carbocycles. The number of fused-ring (bicyclic) bond motifs is 1. The summed E-state index contributed by atoms with van der Waals surface area (Å²) >= 11 is 1.30. The second-order valence-corrected chi connectivity index (χ2v) is 4.25. The Morgan fingerprint density at radius 1 is 1.47 bits per heavy atom. The molecule has 0 atom stereocenters. The van der Waals surface area contributed by atoms with Gasteiger partial charge in [-0.25, -0.2) is 0 Å². The van der Waals surface area contributed by atoms with Crippen LogP contribution < -0.4 is 4.74 Å². The van der Waals surface area contributed by atoms with E-state index in [1.165, 1.54) is 18.3 Å². The molecule has 0 unspecified atom stereocenters. The molecule has 1 heterocycles. The molecule has 0 aliphatic carbocycles. The van der Waals surface area contributed by atoms with Crippen LogP contribution in [0.4, 0.5) is 0 Å². The number of thiophene rings is 1. The Morgan fingerprint density at radius 2 is 2.20 bits per heavy atom. The highest BCUT2D eigenvalue weighted by atomic mass is 32.1. The van der Waals surface area contributed by atoms with Crippen LogP contribution in [0.15, 0.2) is 18.2 Å². The monoisotopic (exact) mass is 222 g/mol. The summed E-state index contributed by atoms with van der Waals surface area (Å²) in [5, 5.41) is 10.5. The van der Waals surface area contributed by atoms with Gasteiger partial charge in [-0.15, -0.1) is 11.3 Å². The molecule has 15 heavy (non-hydrogen) atoms. The minimum atomic E-state index is -0.118. The lowest BCUT2D eigenvalue weighted by Gasteiger charge is -1.98. The van der Waals surface area contributed by atoms with E-state index in [0.717, 1.165) is 4.70 Å². The number of Topliss-reactive ketones (excluding diaryl/α,β-unsaturated/α-hetero) is 1. The molecule has 1 N–H and O–H groups in total. The van der Waals surface area contributed by atoms with E-state index in [4.69, 9.17) is 4.74 Å². The second-order valence-electron chi connectivity index (χ2n) is 3.20. The summed E-state index contributed by atoms with van der Waals surface area (Å²) in [5.41, 5.74) is 0. The Kier molecular flexibility index (Phi) is 2.36. The van der Waals surface area contributed by atoms with Crippen molar-refractivity contribution < 1.29 is 14.6 Å². The predicted octanol–water partition coefficient (Wildman–Crippen LogP) is 2.82. The fraction of sp³-hybridized carbons (Fsp3) is 0.182. The molecule has 1 aromatic carbocycles. The zero-order valence-electron chi connectivity index (χ0n) is 8.40. The lowest BCUT2D eigenvalue weighted by atomic mass is 10.2. The van der Waals surface area contributed by atoms with Crippen LogP contribution in [-0.2, 0) is 0 Å². The van der Waals surface area contributed by atoms with Gasteiger partial charge >= 0.3 is 0 Å². The third-order valence-electron chi connectivity index (χ3n) is 2.19. The van der Waals surface area contributed by atoms with Crippen LogP contribution in [0, 0.1) is 0 Å². The number of hydrogen-bond acceptors (Lipinski definition) is 4. The summed E-state index contributed by atoms with van der Waals surface area (Å²) in [6.45, 7) is 1.45. The van der Waals surface area contributed by atoms with Crippen LogP contribution in [0.5, 0.6) is 11.5 Å². The normalized spacial score (nSPS) is 10.5. The van der Waals surface area contributed by atoms with Gasteiger partial charge in [-0.05, 0) is 18.2 Å². The average Bonchev–Trinajstić information content (AvgIpc) is 2.56. The van der Waals surface area contributed by atoms with Crippen LogP contribution in [0.1, 0.15) is 16.6 Å². The molecule has 0 fully saturated rings. The number of aromatic hydroxyl groups is 1. The number of benzene rings is 1. The number of carbonyl (C=O) groups is 1. The molecule has 0 saturated heterocycles. The first kappa shape index (κ1) is 9.98. The predicted molar refractivity (Wildman–Crippen MR) is 60.0 cm³/mol. The molecule has 4 heteroatoms. The van der Waals surface area contributed by atoms with Crippen molar-refractivity contribution in [3.8, 4) is 11.5 Å². The van der Waals surface area contributed by atoms with E-state index in [9.17, 15) is 9.90 Å². The van der Waals surface area contributed by atoms with Crippen molar-refractivity contribution in [3.63, 3.8) is 0 Å². The topological polar surface area (TPSA) is 46.5 Å². The van der Waals surface area contributed by atoms with E-state index >= 15 is 0 Å². The molecule has 2 aromatic rings. The average molecular weight is 222 g/mol. The molecule has 0 aliphatic heterocycles. The first-order valence-electron chi connectivity index (χ1n) is 4.44. The van der Waals surface area contributed by atoms with E-state index in [0.29, 0.717) is 16.0 Å². The van der Waals surface area contributed by atoms with E-state index in [1.54, 1.807) is 13.2 Å². The van der Waals surface area contributed by atoms with Crippen LogP contribution >= 0.6 is 11.3 Å². The molecule has 0 aliphatic rings. The highest BCUT2D eigenvalue weighted by molar-refractivity contribution is 7.21. The minimum Gasteiger partial charge on any atom is -0.506 e. The van der Waals surface area contributed by atoms with Gasteiger partial charge in [-0.2, -0.15) is 0 Å². The molecule has 0 bridgehead atoms. The summed E-state index contributed by atoms with van der Waals surface area (Å²) < 4.78 is 5.94. The van der Waals surface area contributed by atoms with Crippen LogP contribution in [0.3, 0.4) is 0 Å². The van der Waals surface area contributed by atoms with Crippen LogP contribution in [-0.4, -0.2) is 18.0 Å². The van der Waals surface area contributed by atoms with Gasteiger partial charge < -0.3 is 9.84 Å². The first-order chi connectivity index (χ1) is 7.13. The molecule has 0 amide bonds. The highest BCUT2D eigenvalue weighted by Gasteiger charge is 2.14. The van der Waals surface area contributed by atoms with E-state index in [-0.39, 0.29) is 11.5 Å². The van der Waals surface area contributed by atoms with Gasteiger partial charge in [0.05, 0.1) is 7.11 Å². The number of methoxy groups -OCH3 is 1. The number of rotatable bonds is 2. The molecule has 3 nitrogen and oxygen atoms in total. The van der Waals surface area contributed by atoms with Gasteiger partial charge in [-0.1, -0.05) is 0 Å². The van der Waals surface area contributed by atoms with Crippen LogP contribution in [0.25, 0.3) is 10.1 Å². The Bertz CT molecular complexity index is 528. The Balaban J connectivity index is 2.72. The Hall–Kier alpha value is -1.55. The van der Waals surface area contributed by atoms with Crippen LogP contribution in [0.2, 0.25) is 0 Å². The zero-order valence-corrected chi connectivity index (χ0v) is 9.22. The molecular weight excluding hydrogens is 212 g/mol. The zero-order chi connectivity index (χ0) is 11.0. The van der Waals surface area contributed by atoms with Crippen molar-refractivity contribution in [2.75, 3.05) is 7.11 Å². The second kappa shape index (κ2) is 3.55. The van der Waals surface area contributed by atoms with Gasteiger partial charge in [-0.3, -0.25) is 4.79 Å². The molecule has 2 rings (SSSR count). The maximum atomic E-state index is 11.2. The SMILES string of the molecule is COc1ccc2sc(C(C)=O)c(O)c2c1. The van der Waals surface area contributed by atoms with Crippen molar-refractivity contribution in [3.05, 3.63) is 23.1 Å². The van der Waals surface area contributed by atoms with E-state index < -0.39 is 0 Å². The lowest BCUT2D eigenvalue weighted by molar-refractivity contribution is 0.101. The molecule has 78 valence electrons. The molecular formula is C11H10O3S. The highest BCUT2D eigenvalue weighted by Crippen LogP contribution is 2.38.